The molecule has 1 aliphatic rings. The lowest BCUT2D eigenvalue weighted by Gasteiger charge is -2.37. The van der Waals surface area contributed by atoms with Crippen molar-refractivity contribution >= 4 is 16.6 Å². The van der Waals surface area contributed by atoms with Gasteiger partial charge in [0.1, 0.15) is 5.75 Å². The summed E-state index contributed by atoms with van der Waals surface area (Å²) >= 11 is 0. The van der Waals surface area contributed by atoms with Crippen LogP contribution in [-0.2, 0) is 6.54 Å². The minimum atomic E-state index is -0.560. The Morgan fingerprint density at radius 3 is 2.24 bits per heavy atom. The lowest BCUT2D eigenvalue weighted by Crippen LogP contribution is -2.47. The summed E-state index contributed by atoms with van der Waals surface area (Å²) < 4.78 is 7.84. The van der Waals surface area contributed by atoms with Crippen LogP contribution in [0.1, 0.15) is 22.9 Å². The van der Waals surface area contributed by atoms with Crippen molar-refractivity contribution in [3.8, 4) is 5.75 Å². The number of aliphatic hydroxyl groups excluding tert-OH is 1. The summed E-state index contributed by atoms with van der Waals surface area (Å²) in [5.41, 5.74) is 5.77. The third-order valence-corrected chi connectivity index (χ3v) is 7.02. The highest BCUT2D eigenvalue weighted by Crippen LogP contribution is 2.34. The number of piperazine rings is 1. The topological polar surface area (TPSA) is 40.9 Å². The molecule has 176 valence electrons. The third kappa shape index (κ3) is 4.54. The Morgan fingerprint density at radius 1 is 0.882 bits per heavy atom. The van der Waals surface area contributed by atoms with Crippen LogP contribution in [0.15, 0.2) is 78.9 Å². The van der Waals surface area contributed by atoms with Crippen molar-refractivity contribution in [2.45, 2.75) is 19.6 Å². The van der Waals surface area contributed by atoms with Gasteiger partial charge in [0.2, 0.25) is 0 Å². The molecule has 1 atom stereocenters. The highest BCUT2D eigenvalue weighted by atomic mass is 16.5. The van der Waals surface area contributed by atoms with Crippen LogP contribution in [0.5, 0.6) is 5.75 Å². The van der Waals surface area contributed by atoms with Crippen molar-refractivity contribution in [2.24, 2.45) is 0 Å². The zero-order chi connectivity index (χ0) is 23.5. The van der Waals surface area contributed by atoms with Crippen LogP contribution in [0.3, 0.4) is 0 Å². The first-order valence-electron chi connectivity index (χ1n) is 12.0. The number of methoxy groups -OCH3 is 1. The second-order valence-corrected chi connectivity index (χ2v) is 9.09. The first-order chi connectivity index (χ1) is 16.6. The van der Waals surface area contributed by atoms with Gasteiger partial charge in [0.15, 0.2) is 0 Å². The van der Waals surface area contributed by atoms with Crippen molar-refractivity contribution < 1.29 is 9.84 Å². The molecule has 0 saturated carbocycles. The number of ether oxygens (including phenoxy) is 1. The van der Waals surface area contributed by atoms with Crippen LogP contribution in [0.4, 0.5) is 5.69 Å². The Morgan fingerprint density at radius 2 is 1.56 bits per heavy atom. The summed E-state index contributed by atoms with van der Waals surface area (Å²) in [5, 5.41) is 12.5. The third-order valence-electron chi connectivity index (χ3n) is 7.02. The summed E-state index contributed by atoms with van der Waals surface area (Å²) in [6.45, 7) is 7.36. The molecule has 1 saturated heterocycles. The zero-order valence-corrected chi connectivity index (χ0v) is 20.0. The molecule has 34 heavy (non-hydrogen) atoms. The number of aliphatic hydroxyl groups is 1. The summed E-state index contributed by atoms with van der Waals surface area (Å²) in [6, 6.07) is 27.2. The molecular formula is C29H33N3O2. The smallest absolute Gasteiger partial charge is 0.119 e. The number of benzene rings is 3. The SMILES string of the molecule is COc1ccc2c(c1)c([C@@H](O)CN1CCN(c3ccccc3)CC1)c(C)n2Cc1ccccc1. The number of nitrogens with zero attached hydrogens (tertiary/aromatic N) is 3. The van der Waals surface area contributed by atoms with Crippen molar-refractivity contribution in [3.05, 3.63) is 95.7 Å². The zero-order valence-electron chi connectivity index (χ0n) is 20.0. The second-order valence-electron chi connectivity index (χ2n) is 9.09. The van der Waals surface area contributed by atoms with Gasteiger partial charge < -0.3 is 19.3 Å². The molecule has 5 rings (SSSR count). The van der Waals surface area contributed by atoms with E-state index in [1.54, 1.807) is 7.11 Å². The summed E-state index contributed by atoms with van der Waals surface area (Å²) in [5.74, 6) is 0.814. The quantitative estimate of drug-likeness (QED) is 0.432. The van der Waals surface area contributed by atoms with E-state index in [4.69, 9.17) is 4.74 Å². The molecule has 5 heteroatoms. The van der Waals surface area contributed by atoms with E-state index in [1.165, 1.54) is 11.3 Å². The minimum Gasteiger partial charge on any atom is -0.497 e. The Kier molecular flexibility index (Phi) is 6.57. The van der Waals surface area contributed by atoms with Crippen molar-refractivity contribution in [3.63, 3.8) is 0 Å². The van der Waals surface area contributed by atoms with Crippen molar-refractivity contribution in [1.29, 1.82) is 0 Å². The fourth-order valence-corrected chi connectivity index (χ4v) is 5.17. The first kappa shape index (κ1) is 22.5. The molecule has 0 spiro atoms. The van der Waals surface area contributed by atoms with Gasteiger partial charge in [-0.1, -0.05) is 48.5 Å². The standard InChI is InChI=1S/C29H33N3O2/c1-22-29(28(33)21-30-15-17-31(18-16-30)24-11-7-4-8-12-24)26-19-25(34-2)13-14-27(26)32(22)20-23-9-5-3-6-10-23/h3-14,19,28,33H,15-18,20-21H2,1-2H3/t28-/m0/s1. The van der Waals surface area contributed by atoms with Crippen LogP contribution in [0.25, 0.3) is 10.9 Å². The average Bonchev–Trinajstić information content (AvgIpc) is 3.16. The predicted molar refractivity (Wildman–Crippen MR) is 139 cm³/mol. The molecule has 1 aliphatic heterocycles. The molecule has 4 aromatic rings. The fraction of sp³-hybridized carbons (Fsp3) is 0.310. The molecule has 0 bridgehead atoms. The van der Waals surface area contributed by atoms with Gasteiger partial charge in [-0.15, -0.1) is 0 Å². The predicted octanol–water partition coefficient (Wildman–Crippen LogP) is 4.86. The highest BCUT2D eigenvalue weighted by Gasteiger charge is 2.25. The van der Waals surface area contributed by atoms with Crippen LogP contribution in [0.2, 0.25) is 0 Å². The maximum Gasteiger partial charge on any atom is 0.119 e. The monoisotopic (exact) mass is 455 g/mol. The molecule has 1 aromatic heterocycles. The van der Waals surface area contributed by atoms with E-state index < -0.39 is 6.10 Å². The molecule has 0 unspecified atom stereocenters. The van der Waals surface area contributed by atoms with Gasteiger partial charge in [-0.3, -0.25) is 4.90 Å². The lowest BCUT2D eigenvalue weighted by molar-refractivity contribution is 0.110. The number of anilines is 1. The van der Waals surface area contributed by atoms with Gasteiger partial charge in [0.25, 0.3) is 0 Å². The van der Waals surface area contributed by atoms with Gasteiger partial charge in [0.05, 0.1) is 13.2 Å². The number of fused-ring (bicyclic) bond motifs is 1. The average molecular weight is 456 g/mol. The first-order valence-corrected chi connectivity index (χ1v) is 12.0. The Hall–Kier alpha value is -3.28. The van der Waals surface area contributed by atoms with Gasteiger partial charge in [0, 0.05) is 67.1 Å². The van der Waals surface area contributed by atoms with E-state index in [9.17, 15) is 5.11 Å². The maximum absolute atomic E-state index is 11.5. The van der Waals surface area contributed by atoms with E-state index in [0.29, 0.717) is 6.54 Å². The number of aromatic nitrogens is 1. The highest BCUT2D eigenvalue weighted by molar-refractivity contribution is 5.87. The number of rotatable bonds is 7. The van der Waals surface area contributed by atoms with Crippen molar-refractivity contribution in [2.75, 3.05) is 44.7 Å². The van der Waals surface area contributed by atoms with Crippen LogP contribution < -0.4 is 9.64 Å². The van der Waals surface area contributed by atoms with E-state index >= 15 is 0 Å². The molecular weight excluding hydrogens is 422 g/mol. The maximum atomic E-state index is 11.5. The number of hydrogen-bond donors (Lipinski definition) is 1. The summed E-state index contributed by atoms with van der Waals surface area (Å²) in [7, 11) is 1.69. The molecule has 0 amide bonds. The van der Waals surface area contributed by atoms with E-state index in [-0.39, 0.29) is 0 Å². The molecule has 5 nitrogen and oxygen atoms in total. The van der Waals surface area contributed by atoms with Crippen molar-refractivity contribution in [1.82, 2.24) is 9.47 Å². The largest absolute Gasteiger partial charge is 0.497 e. The Bertz CT molecular complexity index is 1230. The molecule has 0 radical (unpaired) electrons. The lowest BCUT2D eigenvalue weighted by atomic mass is 10.0. The van der Waals surface area contributed by atoms with Gasteiger partial charge in [-0.25, -0.2) is 0 Å². The van der Waals surface area contributed by atoms with Gasteiger partial charge in [-0.05, 0) is 42.8 Å². The van der Waals surface area contributed by atoms with Gasteiger partial charge in [-0.2, -0.15) is 0 Å². The van der Waals surface area contributed by atoms with Crippen LogP contribution in [-0.4, -0.2) is 54.4 Å². The molecule has 2 heterocycles. The normalized spacial score (nSPS) is 15.6. The molecule has 3 aromatic carbocycles. The fourth-order valence-electron chi connectivity index (χ4n) is 5.17. The Balaban J connectivity index is 1.38. The summed E-state index contributed by atoms with van der Waals surface area (Å²) in [6.07, 6.45) is -0.560. The van der Waals surface area contributed by atoms with Gasteiger partial charge >= 0.3 is 0 Å². The summed E-state index contributed by atoms with van der Waals surface area (Å²) in [4.78, 5) is 4.80. The minimum absolute atomic E-state index is 0.560. The molecule has 1 N–H and O–H groups in total. The number of para-hydroxylation sites is 1. The van der Waals surface area contributed by atoms with E-state index in [0.717, 1.165) is 60.6 Å². The van der Waals surface area contributed by atoms with Crippen LogP contribution >= 0.6 is 0 Å². The number of hydrogen-bond acceptors (Lipinski definition) is 4. The second kappa shape index (κ2) is 9.92. The van der Waals surface area contributed by atoms with E-state index in [1.807, 2.05) is 12.1 Å². The molecule has 0 aliphatic carbocycles. The molecule has 1 fully saturated rings. The van der Waals surface area contributed by atoms with Crippen LogP contribution in [0, 0.1) is 6.92 Å². The number of β-amino-alcohol motifs (C(OH)–C–C–N with tert-alkyl or cyclic N) is 1. The van der Waals surface area contributed by atoms with E-state index in [2.05, 4.69) is 88.0 Å². The Labute approximate surface area is 201 Å².